The third kappa shape index (κ3) is 3.59. The first-order valence-corrected chi connectivity index (χ1v) is 4.61. The van der Waals surface area contributed by atoms with E-state index in [2.05, 4.69) is 5.32 Å². The summed E-state index contributed by atoms with van der Waals surface area (Å²) in [7, 11) is 0. The first-order valence-electron chi connectivity index (χ1n) is 4.61. The maximum Gasteiger partial charge on any atom is 0.244 e. The zero-order chi connectivity index (χ0) is 10.5. The van der Waals surface area contributed by atoms with Crippen LogP contribution in [0.5, 0.6) is 0 Å². The van der Waals surface area contributed by atoms with Crippen LogP contribution in [0.2, 0.25) is 0 Å². The zero-order valence-corrected chi connectivity index (χ0v) is 8.92. The van der Waals surface area contributed by atoms with Crippen LogP contribution in [-0.4, -0.2) is 18.0 Å². The number of rotatable bonds is 4. The van der Waals surface area contributed by atoms with Gasteiger partial charge in [0.2, 0.25) is 5.91 Å². The normalized spacial score (nSPS) is 16.2. The van der Waals surface area contributed by atoms with Gasteiger partial charge in [0.25, 0.3) is 0 Å². The second kappa shape index (κ2) is 5.02. The standard InChI is InChI=1S/C10H20N2O/c1-5-6-9(13)12-10(4,7-11)8(2)3/h5-6,8H,7,11H2,1-4H3,(H,12,13)/b6-5+. The van der Waals surface area contributed by atoms with Crippen LogP contribution in [0.1, 0.15) is 27.7 Å². The third-order valence-corrected chi connectivity index (χ3v) is 2.43. The monoisotopic (exact) mass is 184 g/mol. The van der Waals surface area contributed by atoms with Gasteiger partial charge in [0, 0.05) is 6.54 Å². The highest BCUT2D eigenvalue weighted by Gasteiger charge is 2.27. The fourth-order valence-corrected chi connectivity index (χ4v) is 0.906. The molecule has 1 unspecified atom stereocenters. The van der Waals surface area contributed by atoms with Crippen molar-refractivity contribution in [3.63, 3.8) is 0 Å². The third-order valence-electron chi connectivity index (χ3n) is 2.43. The molecule has 0 bridgehead atoms. The number of nitrogens with two attached hydrogens (primary N) is 1. The number of hydrogen-bond acceptors (Lipinski definition) is 2. The first kappa shape index (κ1) is 12.2. The van der Waals surface area contributed by atoms with Crippen molar-refractivity contribution >= 4 is 5.91 Å². The number of hydrogen-bond donors (Lipinski definition) is 2. The molecule has 0 aliphatic carbocycles. The minimum Gasteiger partial charge on any atom is -0.346 e. The summed E-state index contributed by atoms with van der Waals surface area (Å²) in [4.78, 5) is 11.3. The number of allylic oxidation sites excluding steroid dienone is 1. The number of nitrogens with one attached hydrogen (secondary N) is 1. The second-order valence-electron chi connectivity index (χ2n) is 3.77. The van der Waals surface area contributed by atoms with Gasteiger partial charge in [0.15, 0.2) is 0 Å². The van der Waals surface area contributed by atoms with Crippen molar-refractivity contribution in [1.29, 1.82) is 0 Å². The van der Waals surface area contributed by atoms with Crippen LogP contribution in [0.15, 0.2) is 12.2 Å². The summed E-state index contributed by atoms with van der Waals surface area (Å²) < 4.78 is 0. The van der Waals surface area contributed by atoms with E-state index in [4.69, 9.17) is 5.73 Å². The lowest BCUT2D eigenvalue weighted by Crippen LogP contribution is -2.54. The Bertz CT molecular complexity index is 199. The van der Waals surface area contributed by atoms with Gasteiger partial charge in [-0.25, -0.2) is 0 Å². The molecule has 0 heterocycles. The average Bonchev–Trinajstić information content (AvgIpc) is 2.04. The van der Waals surface area contributed by atoms with E-state index in [9.17, 15) is 4.79 Å². The van der Waals surface area contributed by atoms with E-state index in [1.165, 1.54) is 6.08 Å². The lowest BCUT2D eigenvalue weighted by molar-refractivity contribution is -0.118. The van der Waals surface area contributed by atoms with Crippen molar-refractivity contribution in [3.8, 4) is 0 Å². The minimum atomic E-state index is -0.309. The Kier molecular flexibility index (Phi) is 4.70. The largest absolute Gasteiger partial charge is 0.346 e. The van der Waals surface area contributed by atoms with E-state index < -0.39 is 0 Å². The summed E-state index contributed by atoms with van der Waals surface area (Å²) in [5.41, 5.74) is 5.30. The molecule has 1 amide bonds. The van der Waals surface area contributed by atoms with Crippen LogP contribution >= 0.6 is 0 Å². The molecule has 0 aliphatic rings. The molecule has 76 valence electrons. The lowest BCUT2D eigenvalue weighted by Gasteiger charge is -2.33. The quantitative estimate of drug-likeness (QED) is 0.642. The molecule has 1 atom stereocenters. The topological polar surface area (TPSA) is 55.1 Å². The van der Waals surface area contributed by atoms with Crippen molar-refractivity contribution < 1.29 is 4.79 Å². The number of amides is 1. The summed E-state index contributed by atoms with van der Waals surface area (Å²) in [6, 6.07) is 0. The highest BCUT2D eigenvalue weighted by molar-refractivity contribution is 5.88. The van der Waals surface area contributed by atoms with Crippen LogP contribution in [0.4, 0.5) is 0 Å². The molecule has 0 aliphatic heterocycles. The van der Waals surface area contributed by atoms with E-state index in [0.29, 0.717) is 12.5 Å². The summed E-state index contributed by atoms with van der Waals surface area (Å²) >= 11 is 0. The molecule has 0 aromatic rings. The van der Waals surface area contributed by atoms with Gasteiger partial charge in [0.05, 0.1) is 5.54 Å². The van der Waals surface area contributed by atoms with Crippen molar-refractivity contribution in [3.05, 3.63) is 12.2 Å². The molecule has 13 heavy (non-hydrogen) atoms. The Hall–Kier alpha value is -0.830. The van der Waals surface area contributed by atoms with Crippen molar-refractivity contribution in [2.45, 2.75) is 33.2 Å². The van der Waals surface area contributed by atoms with Crippen LogP contribution in [-0.2, 0) is 4.79 Å². The Balaban J connectivity index is 4.36. The van der Waals surface area contributed by atoms with E-state index in [0.717, 1.165) is 0 Å². The van der Waals surface area contributed by atoms with Gasteiger partial charge in [0.1, 0.15) is 0 Å². The van der Waals surface area contributed by atoms with Gasteiger partial charge in [-0.1, -0.05) is 19.9 Å². The van der Waals surface area contributed by atoms with Gasteiger partial charge in [-0.3, -0.25) is 4.79 Å². The molecule has 0 rings (SSSR count). The Labute approximate surface area is 80.4 Å². The fourth-order valence-electron chi connectivity index (χ4n) is 0.906. The molecular formula is C10H20N2O. The smallest absolute Gasteiger partial charge is 0.244 e. The first-order chi connectivity index (χ1) is 5.96. The van der Waals surface area contributed by atoms with Crippen LogP contribution in [0.3, 0.4) is 0 Å². The molecule has 0 aromatic heterocycles. The molecule has 0 saturated carbocycles. The molecular weight excluding hydrogens is 164 g/mol. The van der Waals surface area contributed by atoms with E-state index in [1.807, 2.05) is 27.7 Å². The summed E-state index contributed by atoms with van der Waals surface area (Å²) in [6.45, 7) is 8.31. The number of carbonyl (C=O) groups excluding carboxylic acids is 1. The molecule has 3 nitrogen and oxygen atoms in total. The molecule has 0 aromatic carbocycles. The predicted octanol–water partition coefficient (Wildman–Crippen LogP) is 1.05. The molecule has 3 heteroatoms. The second-order valence-corrected chi connectivity index (χ2v) is 3.77. The van der Waals surface area contributed by atoms with Gasteiger partial charge >= 0.3 is 0 Å². The fraction of sp³-hybridized carbons (Fsp3) is 0.700. The van der Waals surface area contributed by atoms with E-state index in [1.54, 1.807) is 6.08 Å². The lowest BCUT2D eigenvalue weighted by atomic mass is 9.88. The van der Waals surface area contributed by atoms with Gasteiger partial charge in [-0.2, -0.15) is 0 Å². The highest BCUT2D eigenvalue weighted by Crippen LogP contribution is 2.14. The van der Waals surface area contributed by atoms with Crippen molar-refractivity contribution in [1.82, 2.24) is 5.32 Å². The summed E-state index contributed by atoms with van der Waals surface area (Å²) in [5.74, 6) is 0.246. The molecule has 0 spiro atoms. The Morgan fingerprint density at radius 3 is 2.46 bits per heavy atom. The van der Waals surface area contributed by atoms with Gasteiger partial charge in [-0.05, 0) is 25.8 Å². The van der Waals surface area contributed by atoms with Crippen LogP contribution in [0, 0.1) is 5.92 Å². The summed E-state index contributed by atoms with van der Waals surface area (Å²) in [5, 5.41) is 2.89. The van der Waals surface area contributed by atoms with E-state index >= 15 is 0 Å². The molecule has 0 radical (unpaired) electrons. The summed E-state index contributed by atoms with van der Waals surface area (Å²) in [6.07, 6.45) is 3.23. The number of carbonyl (C=O) groups is 1. The predicted molar refractivity (Wildman–Crippen MR) is 55.3 cm³/mol. The zero-order valence-electron chi connectivity index (χ0n) is 8.92. The van der Waals surface area contributed by atoms with Gasteiger partial charge in [-0.15, -0.1) is 0 Å². The minimum absolute atomic E-state index is 0.0795. The molecule has 0 saturated heterocycles. The highest BCUT2D eigenvalue weighted by atomic mass is 16.1. The maximum absolute atomic E-state index is 11.3. The van der Waals surface area contributed by atoms with Crippen LogP contribution in [0.25, 0.3) is 0 Å². The van der Waals surface area contributed by atoms with Gasteiger partial charge < -0.3 is 11.1 Å². The molecule has 0 fully saturated rings. The van der Waals surface area contributed by atoms with Crippen molar-refractivity contribution in [2.24, 2.45) is 11.7 Å². The molecule has 3 N–H and O–H groups in total. The van der Waals surface area contributed by atoms with E-state index in [-0.39, 0.29) is 11.4 Å². The SMILES string of the molecule is C/C=C/C(=O)NC(C)(CN)C(C)C. The van der Waals surface area contributed by atoms with Crippen LogP contribution < -0.4 is 11.1 Å². The Morgan fingerprint density at radius 1 is 1.62 bits per heavy atom. The van der Waals surface area contributed by atoms with Crippen molar-refractivity contribution in [2.75, 3.05) is 6.54 Å². The Morgan fingerprint density at radius 2 is 2.15 bits per heavy atom. The maximum atomic E-state index is 11.3. The average molecular weight is 184 g/mol.